The summed E-state index contributed by atoms with van der Waals surface area (Å²) in [7, 11) is 0. The fraction of sp³-hybridized carbons (Fsp3) is 0.105. The van der Waals surface area contributed by atoms with Gasteiger partial charge in [0.2, 0.25) is 0 Å². The molecule has 0 radical (unpaired) electrons. The molecule has 0 N–H and O–H groups in total. The largest absolute Gasteiger partial charge is 0.457 e. The number of rotatable bonds is 4. The molecule has 0 spiro atoms. The molecule has 0 aliphatic heterocycles. The van der Waals surface area contributed by atoms with Gasteiger partial charge in [-0.2, -0.15) is 0 Å². The lowest BCUT2D eigenvalue weighted by molar-refractivity contribution is 0.103. The average Bonchev–Trinajstić information content (AvgIpc) is 2.64. The van der Waals surface area contributed by atoms with Gasteiger partial charge in [0.1, 0.15) is 28.1 Å². The maximum atomic E-state index is 12.5. The van der Waals surface area contributed by atoms with Crippen LogP contribution in [0, 0.1) is 0 Å². The summed E-state index contributed by atoms with van der Waals surface area (Å²) in [6.07, 6.45) is 1.21. The van der Waals surface area contributed by atoms with Crippen molar-refractivity contribution in [2.45, 2.75) is 13.8 Å². The summed E-state index contributed by atoms with van der Waals surface area (Å²) in [4.78, 5) is 20.0. The predicted octanol–water partition coefficient (Wildman–Crippen LogP) is 5.83. The molecule has 1 aromatic heterocycles. The zero-order valence-electron chi connectivity index (χ0n) is 13.7. The molecule has 3 rings (SSSR count). The number of hydrogen-bond donors (Lipinski definition) is 0. The summed E-state index contributed by atoms with van der Waals surface area (Å²) in [6, 6.07) is 16.0. The smallest absolute Gasteiger partial charge is 0.199 e. The van der Waals surface area contributed by atoms with E-state index in [1.807, 2.05) is 44.2 Å². The third kappa shape index (κ3) is 4.78. The standard InChI is InChI=1S/C17H10Cl2N2O2.C2H6/c18-16-14(17(19)21-10-20-16)15(22)11-6-8-13(9-7-11)23-12-4-2-1-3-5-12;1-2/h1-10H;1-2H3. The van der Waals surface area contributed by atoms with Crippen LogP contribution in [0.25, 0.3) is 0 Å². The van der Waals surface area contributed by atoms with Crippen LogP contribution in [0.3, 0.4) is 0 Å². The van der Waals surface area contributed by atoms with Crippen LogP contribution < -0.4 is 4.74 Å². The van der Waals surface area contributed by atoms with Crippen molar-refractivity contribution in [1.82, 2.24) is 9.97 Å². The van der Waals surface area contributed by atoms with Gasteiger partial charge in [0, 0.05) is 5.56 Å². The molecule has 4 nitrogen and oxygen atoms in total. The molecule has 0 fully saturated rings. The molecule has 0 amide bonds. The average molecular weight is 375 g/mol. The Labute approximate surface area is 156 Å². The van der Waals surface area contributed by atoms with E-state index in [4.69, 9.17) is 27.9 Å². The molecule has 128 valence electrons. The van der Waals surface area contributed by atoms with E-state index in [-0.39, 0.29) is 21.7 Å². The van der Waals surface area contributed by atoms with E-state index < -0.39 is 0 Å². The molecule has 0 aliphatic carbocycles. The van der Waals surface area contributed by atoms with Crippen molar-refractivity contribution < 1.29 is 9.53 Å². The van der Waals surface area contributed by atoms with E-state index in [1.54, 1.807) is 24.3 Å². The number of halogens is 2. The number of carbonyl (C=O) groups is 1. The van der Waals surface area contributed by atoms with E-state index >= 15 is 0 Å². The summed E-state index contributed by atoms with van der Waals surface area (Å²) in [5.74, 6) is 0.996. The zero-order valence-corrected chi connectivity index (χ0v) is 15.3. The van der Waals surface area contributed by atoms with Gasteiger partial charge in [-0.15, -0.1) is 0 Å². The summed E-state index contributed by atoms with van der Waals surface area (Å²) < 4.78 is 5.68. The summed E-state index contributed by atoms with van der Waals surface area (Å²) in [6.45, 7) is 4.00. The van der Waals surface area contributed by atoms with Gasteiger partial charge >= 0.3 is 0 Å². The van der Waals surface area contributed by atoms with Crippen molar-refractivity contribution in [1.29, 1.82) is 0 Å². The maximum Gasteiger partial charge on any atom is 0.199 e. The Morgan fingerprint density at radius 3 is 1.92 bits per heavy atom. The first kappa shape index (κ1) is 18.9. The van der Waals surface area contributed by atoms with Crippen LogP contribution in [-0.2, 0) is 0 Å². The van der Waals surface area contributed by atoms with E-state index in [2.05, 4.69) is 9.97 Å². The molecule has 0 saturated heterocycles. The fourth-order valence-electron chi connectivity index (χ4n) is 1.98. The van der Waals surface area contributed by atoms with Gasteiger partial charge in [-0.3, -0.25) is 4.79 Å². The molecule has 1 heterocycles. The highest BCUT2D eigenvalue weighted by Gasteiger charge is 2.18. The lowest BCUT2D eigenvalue weighted by Gasteiger charge is -2.07. The molecule has 0 atom stereocenters. The monoisotopic (exact) mass is 374 g/mol. The number of carbonyl (C=O) groups excluding carboxylic acids is 1. The molecule has 25 heavy (non-hydrogen) atoms. The van der Waals surface area contributed by atoms with Crippen molar-refractivity contribution in [3.63, 3.8) is 0 Å². The maximum absolute atomic E-state index is 12.5. The van der Waals surface area contributed by atoms with Gasteiger partial charge in [0.15, 0.2) is 5.78 Å². The van der Waals surface area contributed by atoms with Crippen LogP contribution in [0.2, 0.25) is 10.3 Å². The van der Waals surface area contributed by atoms with Crippen LogP contribution in [0.5, 0.6) is 11.5 Å². The predicted molar refractivity (Wildman–Crippen MR) is 99.8 cm³/mol. The second-order valence-corrected chi connectivity index (χ2v) is 5.31. The second-order valence-electron chi connectivity index (χ2n) is 4.60. The number of para-hydroxylation sites is 1. The number of aromatic nitrogens is 2. The molecule has 0 saturated carbocycles. The zero-order chi connectivity index (χ0) is 18.2. The number of ketones is 1. The third-order valence-electron chi connectivity index (χ3n) is 3.08. The normalized spacial score (nSPS) is 9.76. The summed E-state index contributed by atoms with van der Waals surface area (Å²) in [5.41, 5.74) is 0.511. The van der Waals surface area contributed by atoms with Crippen molar-refractivity contribution in [3.05, 3.63) is 82.4 Å². The minimum Gasteiger partial charge on any atom is -0.457 e. The van der Waals surface area contributed by atoms with Gasteiger partial charge in [0.25, 0.3) is 0 Å². The Hall–Kier alpha value is -2.43. The minimum absolute atomic E-state index is 0.0274. The van der Waals surface area contributed by atoms with Gasteiger partial charge in [-0.25, -0.2) is 9.97 Å². The Kier molecular flexibility index (Phi) is 6.92. The minimum atomic E-state index is -0.341. The van der Waals surface area contributed by atoms with Crippen LogP contribution in [0.1, 0.15) is 29.8 Å². The first-order valence-corrected chi connectivity index (χ1v) is 8.44. The van der Waals surface area contributed by atoms with Crippen LogP contribution in [0.4, 0.5) is 0 Å². The van der Waals surface area contributed by atoms with Gasteiger partial charge in [-0.05, 0) is 36.4 Å². The highest BCUT2D eigenvalue weighted by atomic mass is 35.5. The number of ether oxygens (including phenoxy) is 1. The Balaban J connectivity index is 0.00000109. The molecule has 2 aromatic carbocycles. The Morgan fingerprint density at radius 2 is 1.36 bits per heavy atom. The molecule has 0 bridgehead atoms. The SMILES string of the molecule is CC.O=C(c1ccc(Oc2ccccc2)cc1)c1c(Cl)ncnc1Cl. The van der Waals surface area contributed by atoms with Crippen molar-refractivity contribution in [3.8, 4) is 11.5 Å². The fourth-order valence-corrected chi connectivity index (χ4v) is 2.46. The second kappa shape index (κ2) is 9.16. The molecule has 3 aromatic rings. The molecular weight excluding hydrogens is 359 g/mol. The number of nitrogens with zero attached hydrogens (tertiary/aromatic N) is 2. The first-order chi connectivity index (χ1) is 12.1. The van der Waals surface area contributed by atoms with Crippen molar-refractivity contribution in [2.75, 3.05) is 0 Å². The lowest BCUT2D eigenvalue weighted by Crippen LogP contribution is -2.05. The Bertz CT molecular complexity index is 818. The van der Waals surface area contributed by atoms with E-state index in [9.17, 15) is 4.79 Å². The van der Waals surface area contributed by atoms with E-state index in [1.165, 1.54) is 6.33 Å². The van der Waals surface area contributed by atoms with E-state index in [0.29, 0.717) is 17.1 Å². The van der Waals surface area contributed by atoms with Crippen LogP contribution >= 0.6 is 23.2 Å². The highest BCUT2D eigenvalue weighted by Crippen LogP contribution is 2.25. The molecule has 0 unspecified atom stereocenters. The summed E-state index contributed by atoms with van der Waals surface area (Å²) in [5, 5.41) is 0.0548. The third-order valence-corrected chi connectivity index (χ3v) is 3.65. The molecule has 6 heteroatoms. The number of hydrogen-bond acceptors (Lipinski definition) is 4. The van der Waals surface area contributed by atoms with Gasteiger partial charge < -0.3 is 4.74 Å². The van der Waals surface area contributed by atoms with Crippen molar-refractivity contribution in [2.24, 2.45) is 0 Å². The first-order valence-electron chi connectivity index (χ1n) is 7.69. The van der Waals surface area contributed by atoms with Gasteiger partial charge in [0.05, 0.1) is 5.56 Å². The van der Waals surface area contributed by atoms with Gasteiger partial charge in [-0.1, -0.05) is 55.2 Å². The van der Waals surface area contributed by atoms with E-state index in [0.717, 1.165) is 0 Å². The van der Waals surface area contributed by atoms with Crippen LogP contribution in [-0.4, -0.2) is 15.8 Å². The quantitative estimate of drug-likeness (QED) is 0.425. The molecular formula is C19H16Cl2N2O2. The number of benzene rings is 2. The van der Waals surface area contributed by atoms with Crippen molar-refractivity contribution >= 4 is 29.0 Å². The topological polar surface area (TPSA) is 52.1 Å². The highest BCUT2D eigenvalue weighted by molar-refractivity contribution is 6.39. The summed E-state index contributed by atoms with van der Waals surface area (Å²) >= 11 is 11.9. The lowest BCUT2D eigenvalue weighted by atomic mass is 10.1. The Morgan fingerprint density at radius 1 is 0.840 bits per heavy atom. The molecule has 0 aliphatic rings. The van der Waals surface area contributed by atoms with Crippen LogP contribution in [0.15, 0.2) is 60.9 Å².